The summed E-state index contributed by atoms with van der Waals surface area (Å²) >= 11 is 0. The van der Waals surface area contributed by atoms with Gasteiger partial charge in [-0.15, -0.1) is 0 Å². The minimum Gasteiger partial charge on any atom is -0.399 e. The van der Waals surface area contributed by atoms with E-state index in [9.17, 15) is 9.18 Å². The van der Waals surface area contributed by atoms with E-state index in [-0.39, 0.29) is 0 Å². The molecule has 1 rings (SSSR count). The second-order valence-electron chi connectivity index (χ2n) is 2.45. The molecular formula is C10H9FO2. The minimum atomic E-state index is -0.890. The standard InChI is InChI=1S/C10H9FO2/c1-8(12)13-10(11)7-9-5-3-2-4-6-9/h2-7H,1H3/b10-7+. The Morgan fingerprint density at radius 1 is 1.38 bits per heavy atom. The van der Waals surface area contributed by atoms with Gasteiger partial charge in [-0.1, -0.05) is 30.3 Å². The molecule has 0 atom stereocenters. The van der Waals surface area contributed by atoms with E-state index < -0.39 is 12.0 Å². The lowest BCUT2D eigenvalue weighted by atomic mass is 10.2. The van der Waals surface area contributed by atoms with Crippen molar-refractivity contribution in [2.24, 2.45) is 0 Å². The Morgan fingerprint density at radius 2 is 2.00 bits per heavy atom. The molecule has 0 aliphatic carbocycles. The summed E-state index contributed by atoms with van der Waals surface area (Å²) in [5.74, 6) is -0.662. The molecule has 2 nitrogen and oxygen atoms in total. The fourth-order valence-electron chi connectivity index (χ4n) is 0.847. The third kappa shape index (κ3) is 3.51. The number of hydrogen-bond acceptors (Lipinski definition) is 2. The molecule has 0 saturated carbocycles. The minimum absolute atomic E-state index is 0.654. The molecule has 0 amide bonds. The predicted octanol–water partition coefficient (Wildman–Crippen LogP) is 2.52. The van der Waals surface area contributed by atoms with Crippen molar-refractivity contribution in [2.45, 2.75) is 6.92 Å². The SMILES string of the molecule is CC(=O)O/C(F)=C/c1ccccc1. The maximum atomic E-state index is 12.8. The molecular weight excluding hydrogens is 171 g/mol. The summed E-state index contributed by atoms with van der Waals surface area (Å²) in [5, 5.41) is 0. The smallest absolute Gasteiger partial charge is 0.309 e. The monoisotopic (exact) mass is 180 g/mol. The zero-order chi connectivity index (χ0) is 9.68. The number of rotatable bonds is 2. The number of carbonyl (C=O) groups excluding carboxylic acids is 1. The highest BCUT2D eigenvalue weighted by Crippen LogP contribution is 2.08. The van der Waals surface area contributed by atoms with Crippen LogP contribution in [0.2, 0.25) is 0 Å². The quantitative estimate of drug-likeness (QED) is 0.516. The number of ether oxygens (including phenoxy) is 1. The Morgan fingerprint density at radius 3 is 2.54 bits per heavy atom. The van der Waals surface area contributed by atoms with Gasteiger partial charge in [0.2, 0.25) is 0 Å². The van der Waals surface area contributed by atoms with E-state index in [0.29, 0.717) is 5.56 Å². The summed E-state index contributed by atoms with van der Waals surface area (Å²) in [7, 11) is 0. The lowest BCUT2D eigenvalue weighted by molar-refractivity contribution is -0.138. The van der Waals surface area contributed by atoms with E-state index in [4.69, 9.17) is 0 Å². The van der Waals surface area contributed by atoms with E-state index in [1.54, 1.807) is 24.3 Å². The van der Waals surface area contributed by atoms with E-state index >= 15 is 0 Å². The van der Waals surface area contributed by atoms with Crippen molar-refractivity contribution in [1.82, 2.24) is 0 Å². The van der Waals surface area contributed by atoms with Gasteiger partial charge in [-0.25, -0.2) is 0 Å². The first kappa shape index (κ1) is 9.45. The van der Waals surface area contributed by atoms with Gasteiger partial charge < -0.3 is 4.74 Å². The van der Waals surface area contributed by atoms with E-state index in [2.05, 4.69) is 4.74 Å². The zero-order valence-electron chi connectivity index (χ0n) is 7.16. The highest BCUT2D eigenvalue weighted by atomic mass is 19.1. The van der Waals surface area contributed by atoms with Crippen LogP contribution in [-0.2, 0) is 9.53 Å². The largest absolute Gasteiger partial charge is 0.399 e. The van der Waals surface area contributed by atoms with Gasteiger partial charge in [0.05, 0.1) is 0 Å². The number of carbonyl (C=O) groups is 1. The third-order valence-corrected chi connectivity index (χ3v) is 1.32. The van der Waals surface area contributed by atoms with Gasteiger partial charge in [0.1, 0.15) is 0 Å². The Bertz CT molecular complexity index is 317. The van der Waals surface area contributed by atoms with Gasteiger partial charge in [0, 0.05) is 13.0 Å². The Labute approximate surface area is 75.6 Å². The van der Waals surface area contributed by atoms with Crippen molar-refractivity contribution in [3.63, 3.8) is 0 Å². The molecule has 1 aromatic carbocycles. The number of halogens is 1. The van der Waals surface area contributed by atoms with Gasteiger partial charge in [-0.05, 0) is 5.56 Å². The molecule has 3 heteroatoms. The van der Waals surface area contributed by atoms with Crippen molar-refractivity contribution in [1.29, 1.82) is 0 Å². The van der Waals surface area contributed by atoms with Crippen molar-refractivity contribution >= 4 is 12.0 Å². The average Bonchev–Trinajstić information content (AvgIpc) is 2.04. The maximum absolute atomic E-state index is 12.8. The fraction of sp³-hybridized carbons (Fsp3) is 0.100. The molecule has 0 N–H and O–H groups in total. The topological polar surface area (TPSA) is 26.3 Å². The second kappa shape index (κ2) is 4.40. The summed E-state index contributed by atoms with van der Waals surface area (Å²) < 4.78 is 17.0. The van der Waals surface area contributed by atoms with Crippen LogP contribution < -0.4 is 0 Å². The van der Waals surface area contributed by atoms with Gasteiger partial charge >= 0.3 is 5.97 Å². The molecule has 0 saturated heterocycles. The van der Waals surface area contributed by atoms with Gasteiger partial charge in [-0.3, -0.25) is 4.79 Å². The Kier molecular flexibility index (Phi) is 3.20. The first-order chi connectivity index (χ1) is 6.18. The van der Waals surface area contributed by atoms with E-state index in [1.165, 1.54) is 0 Å². The highest BCUT2D eigenvalue weighted by molar-refractivity contribution is 5.68. The summed E-state index contributed by atoms with van der Waals surface area (Å²) in [6, 6.07) is 7.89. The molecule has 68 valence electrons. The molecule has 0 heterocycles. The van der Waals surface area contributed by atoms with Crippen LogP contribution in [0.1, 0.15) is 12.5 Å². The van der Waals surface area contributed by atoms with Crippen LogP contribution in [0.3, 0.4) is 0 Å². The molecule has 0 spiro atoms. The van der Waals surface area contributed by atoms with E-state index in [1.807, 2.05) is 6.07 Å². The first-order valence-electron chi connectivity index (χ1n) is 3.79. The Hall–Kier alpha value is -1.64. The molecule has 13 heavy (non-hydrogen) atoms. The molecule has 0 aliphatic rings. The molecule has 1 aromatic rings. The summed E-state index contributed by atoms with van der Waals surface area (Å²) in [6.45, 7) is 1.15. The molecule has 0 aromatic heterocycles. The number of benzene rings is 1. The van der Waals surface area contributed by atoms with Gasteiger partial charge in [0.25, 0.3) is 6.01 Å². The van der Waals surface area contributed by atoms with Crippen LogP contribution >= 0.6 is 0 Å². The summed E-state index contributed by atoms with van der Waals surface area (Å²) in [5.41, 5.74) is 0.654. The molecule has 0 aliphatic heterocycles. The van der Waals surface area contributed by atoms with Crippen molar-refractivity contribution in [2.75, 3.05) is 0 Å². The Balaban J connectivity index is 2.71. The summed E-state index contributed by atoms with van der Waals surface area (Å²) in [4.78, 5) is 10.3. The molecule has 0 bridgehead atoms. The van der Waals surface area contributed by atoms with Crippen LogP contribution in [0.4, 0.5) is 4.39 Å². The average molecular weight is 180 g/mol. The second-order valence-corrected chi connectivity index (χ2v) is 2.45. The van der Waals surface area contributed by atoms with Gasteiger partial charge in [0.15, 0.2) is 0 Å². The van der Waals surface area contributed by atoms with Crippen molar-refractivity contribution in [3.8, 4) is 0 Å². The summed E-state index contributed by atoms with van der Waals surface area (Å²) in [6.07, 6.45) is 1.15. The van der Waals surface area contributed by atoms with Crippen LogP contribution in [-0.4, -0.2) is 5.97 Å². The van der Waals surface area contributed by atoms with E-state index in [0.717, 1.165) is 13.0 Å². The van der Waals surface area contributed by atoms with Crippen LogP contribution in [0.15, 0.2) is 36.3 Å². The first-order valence-corrected chi connectivity index (χ1v) is 3.79. The molecule has 0 fully saturated rings. The molecule has 0 radical (unpaired) electrons. The third-order valence-electron chi connectivity index (χ3n) is 1.32. The lowest BCUT2D eigenvalue weighted by Crippen LogP contribution is -1.94. The van der Waals surface area contributed by atoms with Crippen LogP contribution in [0.5, 0.6) is 0 Å². The maximum Gasteiger partial charge on any atom is 0.309 e. The van der Waals surface area contributed by atoms with Crippen LogP contribution in [0.25, 0.3) is 6.08 Å². The zero-order valence-corrected chi connectivity index (χ0v) is 7.16. The predicted molar refractivity (Wildman–Crippen MR) is 47.3 cm³/mol. The highest BCUT2D eigenvalue weighted by Gasteiger charge is 1.98. The number of hydrogen-bond donors (Lipinski definition) is 0. The van der Waals surface area contributed by atoms with Crippen molar-refractivity contribution < 1.29 is 13.9 Å². The lowest BCUT2D eigenvalue weighted by Gasteiger charge is -1.96. The number of esters is 1. The van der Waals surface area contributed by atoms with Crippen molar-refractivity contribution in [3.05, 3.63) is 41.9 Å². The van der Waals surface area contributed by atoms with Gasteiger partial charge in [-0.2, -0.15) is 4.39 Å². The van der Waals surface area contributed by atoms with Crippen LogP contribution in [0, 0.1) is 0 Å². The molecule has 0 unspecified atom stereocenters. The normalized spacial score (nSPS) is 11.1. The fourth-order valence-corrected chi connectivity index (χ4v) is 0.847.